The first-order valence-corrected chi connectivity index (χ1v) is 10.1. The Kier molecular flexibility index (Phi) is 7.44. The minimum absolute atomic E-state index is 0. The van der Waals surface area contributed by atoms with Crippen LogP contribution in [0.4, 0.5) is 5.69 Å². The van der Waals surface area contributed by atoms with Gasteiger partial charge in [-0.1, -0.05) is 0 Å². The number of fused-ring (bicyclic) bond motifs is 1. The third kappa shape index (κ3) is 4.75. The van der Waals surface area contributed by atoms with Gasteiger partial charge in [-0.2, -0.15) is 0 Å². The van der Waals surface area contributed by atoms with Gasteiger partial charge in [-0.05, 0) is 43.4 Å². The number of methoxy groups -OCH3 is 1. The SMILES string of the molecule is COc1ccc(-n2c([O-])nc3sc(-c4ccc([N+](=O)[O-])cc4)c(CN(C)C)c3c2=O)nn1.[Na+]. The third-order valence-corrected chi connectivity index (χ3v) is 5.85. The molecule has 0 radical (unpaired) electrons. The number of benzene rings is 1. The van der Waals surface area contributed by atoms with Crippen molar-refractivity contribution in [3.05, 3.63) is 62.4 Å². The van der Waals surface area contributed by atoms with E-state index in [2.05, 4.69) is 15.2 Å². The van der Waals surface area contributed by atoms with Gasteiger partial charge in [-0.3, -0.25) is 19.5 Å². The summed E-state index contributed by atoms with van der Waals surface area (Å²) in [7, 11) is 5.14. The van der Waals surface area contributed by atoms with Crippen molar-refractivity contribution in [1.29, 1.82) is 0 Å². The minimum Gasteiger partial charge on any atom is -0.845 e. The van der Waals surface area contributed by atoms with Crippen molar-refractivity contribution in [3.8, 4) is 28.1 Å². The maximum Gasteiger partial charge on any atom is 1.00 e. The van der Waals surface area contributed by atoms with E-state index in [1.165, 1.54) is 42.7 Å². The summed E-state index contributed by atoms with van der Waals surface area (Å²) in [4.78, 5) is 30.9. The van der Waals surface area contributed by atoms with Crippen LogP contribution in [0.2, 0.25) is 0 Å². The average Bonchev–Trinajstić information content (AvgIpc) is 3.11. The second-order valence-electron chi connectivity index (χ2n) is 7.10. The molecular formula is C20H17N6NaO5S. The Balaban J connectivity index is 0.00000306. The minimum atomic E-state index is -0.769. The summed E-state index contributed by atoms with van der Waals surface area (Å²) in [5, 5.41) is 31.7. The van der Waals surface area contributed by atoms with Crippen LogP contribution in [0.1, 0.15) is 5.56 Å². The summed E-state index contributed by atoms with van der Waals surface area (Å²) < 4.78 is 5.85. The number of ether oxygens (including phenoxy) is 1. The zero-order valence-electron chi connectivity index (χ0n) is 18.3. The van der Waals surface area contributed by atoms with Crippen LogP contribution in [0.15, 0.2) is 41.2 Å². The summed E-state index contributed by atoms with van der Waals surface area (Å²) in [6, 6.07) is 8.22. The Hall–Kier alpha value is -2.90. The molecule has 13 heteroatoms. The topological polar surface area (TPSA) is 139 Å². The van der Waals surface area contributed by atoms with Gasteiger partial charge in [-0.25, -0.2) is 4.98 Å². The van der Waals surface area contributed by atoms with E-state index < -0.39 is 16.5 Å². The zero-order valence-corrected chi connectivity index (χ0v) is 21.1. The predicted octanol–water partition coefficient (Wildman–Crippen LogP) is -1.04. The maximum atomic E-state index is 13.4. The Labute approximate surface area is 213 Å². The maximum absolute atomic E-state index is 13.4. The molecule has 0 aliphatic heterocycles. The summed E-state index contributed by atoms with van der Waals surface area (Å²) >= 11 is 1.19. The average molecular weight is 476 g/mol. The first kappa shape index (κ1) is 24.7. The first-order chi connectivity index (χ1) is 15.3. The van der Waals surface area contributed by atoms with Gasteiger partial charge in [0.25, 0.3) is 11.2 Å². The van der Waals surface area contributed by atoms with Crippen LogP contribution in [-0.4, -0.2) is 50.8 Å². The number of rotatable bonds is 6. The number of thiophene rings is 1. The molecule has 4 aromatic rings. The molecule has 0 saturated carbocycles. The molecule has 3 aromatic heterocycles. The first-order valence-electron chi connectivity index (χ1n) is 9.33. The van der Waals surface area contributed by atoms with Crippen molar-refractivity contribution < 1.29 is 44.3 Å². The van der Waals surface area contributed by atoms with Gasteiger partial charge in [-0.15, -0.1) is 21.5 Å². The van der Waals surface area contributed by atoms with Crippen LogP contribution in [0.25, 0.3) is 26.5 Å². The fourth-order valence-corrected chi connectivity index (χ4v) is 4.44. The van der Waals surface area contributed by atoms with E-state index in [1.54, 1.807) is 12.1 Å². The summed E-state index contributed by atoms with van der Waals surface area (Å²) in [5.74, 6) is 0.279. The number of hydrogen-bond acceptors (Lipinski definition) is 10. The van der Waals surface area contributed by atoms with Crippen molar-refractivity contribution >= 4 is 27.2 Å². The van der Waals surface area contributed by atoms with Crippen LogP contribution in [-0.2, 0) is 6.54 Å². The molecule has 164 valence electrons. The van der Waals surface area contributed by atoms with Gasteiger partial charge < -0.3 is 14.7 Å². The second-order valence-corrected chi connectivity index (χ2v) is 8.10. The van der Waals surface area contributed by atoms with E-state index in [1.807, 2.05) is 19.0 Å². The summed E-state index contributed by atoms with van der Waals surface area (Å²) in [6.45, 7) is 0.399. The molecule has 0 spiro atoms. The van der Waals surface area contributed by atoms with Gasteiger partial charge >= 0.3 is 29.6 Å². The molecule has 0 saturated heterocycles. The molecular weight excluding hydrogens is 459 g/mol. The Morgan fingerprint density at radius 2 is 1.85 bits per heavy atom. The standard InChI is InChI=1S/C20H18N6O5S.Na/c1-24(2)10-13-16-18(32-17(13)11-4-6-12(7-5-11)26(29)30)21-20(28)25(19(16)27)14-8-9-15(31-3)23-22-14;/h4-9H,10H2,1-3H3,(H,21,28);/q;+1/p-1. The summed E-state index contributed by atoms with van der Waals surface area (Å²) in [5.41, 5.74) is 0.778. The molecule has 3 heterocycles. The molecule has 1 aromatic carbocycles. The molecule has 0 atom stereocenters. The van der Waals surface area contributed by atoms with E-state index in [-0.39, 0.29) is 46.9 Å². The molecule has 0 unspecified atom stereocenters. The molecule has 33 heavy (non-hydrogen) atoms. The number of nitro groups is 1. The van der Waals surface area contributed by atoms with Crippen LogP contribution < -0.4 is 45.0 Å². The van der Waals surface area contributed by atoms with E-state index >= 15 is 0 Å². The molecule has 4 rings (SSSR count). The molecule has 0 aliphatic rings. The van der Waals surface area contributed by atoms with Crippen molar-refractivity contribution in [3.63, 3.8) is 0 Å². The normalized spacial score (nSPS) is 10.9. The summed E-state index contributed by atoms with van der Waals surface area (Å²) in [6.07, 6.45) is 0. The predicted molar refractivity (Wildman–Crippen MR) is 116 cm³/mol. The van der Waals surface area contributed by atoms with Gasteiger partial charge in [0.05, 0.1) is 23.4 Å². The largest absolute Gasteiger partial charge is 1.00 e. The number of nitrogens with zero attached hydrogens (tertiary/aromatic N) is 6. The smallest absolute Gasteiger partial charge is 0.845 e. The Bertz CT molecular complexity index is 1370. The van der Waals surface area contributed by atoms with Crippen LogP contribution >= 0.6 is 11.3 Å². The van der Waals surface area contributed by atoms with E-state index in [0.717, 1.165) is 4.57 Å². The molecule has 0 N–H and O–H groups in total. The van der Waals surface area contributed by atoms with Crippen LogP contribution in [0, 0.1) is 10.1 Å². The third-order valence-electron chi connectivity index (χ3n) is 4.67. The van der Waals surface area contributed by atoms with Crippen LogP contribution in [0.5, 0.6) is 11.9 Å². The van der Waals surface area contributed by atoms with Crippen molar-refractivity contribution in [1.82, 2.24) is 24.6 Å². The van der Waals surface area contributed by atoms with Crippen LogP contribution in [0.3, 0.4) is 0 Å². The van der Waals surface area contributed by atoms with E-state index in [4.69, 9.17) is 4.74 Å². The van der Waals surface area contributed by atoms with Gasteiger partial charge in [0, 0.05) is 29.6 Å². The number of nitro benzene ring substituents is 1. The molecule has 0 amide bonds. The van der Waals surface area contributed by atoms with Crippen molar-refractivity contribution in [2.24, 2.45) is 0 Å². The van der Waals surface area contributed by atoms with Crippen molar-refractivity contribution in [2.75, 3.05) is 21.2 Å². The number of hydrogen-bond donors (Lipinski definition) is 0. The molecule has 0 bridgehead atoms. The fourth-order valence-electron chi connectivity index (χ4n) is 3.26. The fraction of sp³-hybridized carbons (Fsp3) is 0.200. The number of non-ortho nitro benzene ring substituents is 1. The van der Waals surface area contributed by atoms with E-state index in [9.17, 15) is 20.0 Å². The van der Waals surface area contributed by atoms with E-state index in [0.29, 0.717) is 32.8 Å². The second kappa shape index (κ2) is 9.93. The molecule has 0 aliphatic carbocycles. The molecule has 11 nitrogen and oxygen atoms in total. The zero-order chi connectivity index (χ0) is 23.0. The Morgan fingerprint density at radius 1 is 1.15 bits per heavy atom. The van der Waals surface area contributed by atoms with Gasteiger partial charge in [0.1, 0.15) is 4.83 Å². The van der Waals surface area contributed by atoms with Gasteiger partial charge in [0.2, 0.25) is 5.88 Å². The molecule has 0 fully saturated rings. The monoisotopic (exact) mass is 476 g/mol. The quantitative estimate of drug-likeness (QED) is 0.194. The number of aromatic nitrogens is 4. The Morgan fingerprint density at radius 3 is 2.39 bits per heavy atom. The van der Waals surface area contributed by atoms with Crippen molar-refractivity contribution in [2.45, 2.75) is 6.54 Å². The van der Waals surface area contributed by atoms with Gasteiger partial charge in [0.15, 0.2) is 5.82 Å².